The van der Waals surface area contributed by atoms with Crippen molar-refractivity contribution in [3.8, 4) is 6.07 Å². The van der Waals surface area contributed by atoms with Gasteiger partial charge in [-0.1, -0.05) is 18.2 Å². The van der Waals surface area contributed by atoms with Crippen molar-refractivity contribution in [2.75, 3.05) is 6.26 Å². The zero-order valence-electron chi connectivity index (χ0n) is 12.5. The van der Waals surface area contributed by atoms with Crippen molar-refractivity contribution in [1.29, 1.82) is 5.26 Å². The highest BCUT2D eigenvalue weighted by Crippen LogP contribution is 2.20. The van der Waals surface area contributed by atoms with E-state index in [9.17, 15) is 8.42 Å². The Hall–Kier alpha value is -2.72. The van der Waals surface area contributed by atoms with Gasteiger partial charge in [0.15, 0.2) is 0 Å². The number of pyridine rings is 1. The van der Waals surface area contributed by atoms with Crippen LogP contribution in [0.5, 0.6) is 0 Å². The first-order chi connectivity index (χ1) is 11.0. The van der Waals surface area contributed by atoms with E-state index in [1.807, 2.05) is 30.3 Å². The van der Waals surface area contributed by atoms with E-state index in [4.69, 9.17) is 5.26 Å². The Bertz CT molecular complexity index is 1020. The van der Waals surface area contributed by atoms with Crippen LogP contribution in [0.25, 0.3) is 11.0 Å². The zero-order valence-corrected chi connectivity index (χ0v) is 13.3. The van der Waals surface area contributed by atoms with E-state index in [-0.39, 0.29) is 18.1 Å². The van der Waals surface area contributed by atoms with Crippen molar-refractivity contribution in [2.24, 2.45) is 0 Å². The Morgan fingerprint density at radius 1 is 1.09 bits per heavy atom. The van der Waals surface area contributed by atoms with E-state index in [0.29, 0.717) is 16.9 Å². The fourth-order valence-electron chi connectivity index (χ4n) is 2.45. The van der Waals surface area contributed by atoms with Gasteiger partial charge < -0.3 is 4.57 Å². The summed E-state index contributed by atoms with van der Waals surface area (Å²) < 4.78 is 25.7. The summed E-state index contributed by atoms with van der Waals surface area (Å²) >= 11 is 0. The molecule has 0 unspecified atom stereocenters. The van der Waals surface area contributed by atoms with Gasteiger partial charge in [0.1, 0.15) is 0 Å². The molecule has 0 aliphatic carbocycles. The summed E-state index contributed by atoms with van der Waals surface area (Å²) in [4.78, 5) is 8.64. The molecule has 0 N–H and O–H groups in total. The fraction of sp³-hybridized carbons (Fsp3) is 0.188. The largest absolute Gasteiger partial charge is 0.309 e. The molecule has 3 aromatic rings. The van der Waals surface area contributed by atoms with Crippen molar-refractivity contribution in [1.82, 2.24) is 14.5 Å². The molecule has 2 heterocycles. The van der Waals surface area contributed by atoms with E-state index in [1.165, 1.54) is 0 Å². The van der Waals surface area contributed by atoms with Crippen LogP contribution in [0.3, 0.4) is 0 Å². The van der Waals surface area contributed by atoms with Gasteiger partial charge in [-0.25, -0.2) is 13.4 Å². The van der Waals surface area contributed by atoms with Gasteiger partial charge >= 0.3 is 0 Å². The minimum atomic E-state index is -3.46. The topological polar surface area (TPSA) is 88.6 Å². The summed E-state index contributed by atoms with van der Waals surface area (Å²) in [6, 6.07) is 14.7. The standard InChI is InChI=1S/C16H14N4O2S/c1-23(21,22)16-19-14-7-2-3-8-15(14)20(16)11-13-6-4-5-12(18-13)9-10-17/h2-8H,9,11H2,1H3. The molecular formula is C16H14N4O2S. The monoisotopic (exact) mass is 326 g/mol. The van der Waals surface area contributed by atoms with Gasteiger partial charge in [-0.05, 0) is 24.3 Å². The molecule has 0 bridgehead atoms. The maximum absolute atomic E-state index is 12.0. The lowest BCUT2D eigenvalue weighted by Crippen LogP contribution is -2.11. The number of sulfone groups is 1. The Morgan fingerprint density at radius 3 is 2.57 bits per heavy atom. The SMILES string of the molecule is CS(=O)(=O)c1nc2ccccc2n1Cc1cccc(CC#N)n1. The fourth-order valence-corrected chi connectivity index (χ4v) is 3.28. The Kier molecular flexibility index (Phi) is 3.84. The van der Waals surface area contributed by atoms with Crippen molar-refractivity contribution in [3.05, 3.63) is 53.9 Å². The smallest absolute Gasteiger partial charge is 0.228 e. The number of fused-ring (bicyclic) bond motifs is 1. The van der Waals surface area contributed by atoms with Crippen LogP contribution in [0, 0.1) is 11.3 Å². The average Bonchev–Trinajstić information content (AvgIpc) is 2.87. The van der Waals surface area contributed by atoms with Gasteiger partial charge in [-0.15, -0.1) is 0 Å². The number of hydrogen-bond donors (Lipinski definition) is 0. The van der Waals surface area contributed by atoms with Crippen molar-refractivity contribution < 1.29 is 8.42 Å². The number of aromatic nitrogens is 3. The molecule has 0 saturated carbocycles. The second-order valence-electron chi connectivity index (χ2n) is 5.20. The maximum Gasteiger partial charge on any atom is 0.228 e. The molecule has 0 spiro atoms. The first kappa shape index (κ1) is 15.2. The summed E-state index contributed by atoms with van der Waals surface area (Å²) in [5.41, 5.74) is 2.71. The molecule has 0 fully saturated rings. The van der Waals surface area contributed by atoms with Crippen LogP contribution < -0.4 is 0 Å². The zero-order chi connectivity index (χ0) is 16.4. The molecule has 7 heteroatoms. The Balaban J connectivity index is 2.12. The second kappa shape index (κ2) is 5.82. The van der Waals surface area contributed by atoms with Crippen LogP contribution in [0.1, 0.15) is 11.4 Å². The van der Waals surface area contributed by atoms with Gasteiger partial charge in [-0.3, -0.25) is 4.98 Å². The predicted octanol–water partition coefficient (Wildman–Crippen LogP) is 1.95. The van der Waals surface area contributed by atoms with Gasteiger partial charge in [0.25, 0.3) is 0 Å². The first-order valence-corrected chi connectivity index (χ1v) is 8.85. The van der Waals surface area contributed by atoms with E-state index in [0.717, 1.165) is 11.8 Å². The van der Waals surface area contributed by atoms with E-state index < -0.39 is 9.84 Å². The van der Waals surface area contributed by atoms with Crippen LogP contribution in [0.15, 0.2) is 47.6 Å². The van der Waals surface area contributed by atoms with E-state index >= 15 is 0 Å². The predicted molar refractivity (Wildman–Crippen MR) is 85.5 cm³/mol. The average molecular weight is 326 g/mol. The molecule has 6 nitrogen and oxygen atoms in total. The van der Waals surface area contributed by atoms with Crippen molar-refractivity contribution >= 4 is 20.9 Å². The molecule has 0 aliphatic rings. The minimum absolute atomic E-state index is 0.0196. The van der Waals surface area contributed by atoms with E-state index in [1.54, 1.807) is 16.7 Å². The van der Waals surface area contributed by atoms with Crippen LogP contribution in [-0.4, -0.2) is 29.2 Å². The van der Waals surface area contributed by atoms with Crippen LogP contribution in [0.4, 0.5) is 0 Å². The highest BCUT2D eigenvalue weighted by molar-refractivity contribution is 7.90. The third-order valence-corrected chi connectivity index (χ3v) is 4.37. The number of nitrogens with zero attached hydrogens (tertiary/aromatic N) is 4. The molecule has 116 valence electrons. The molecule has 3 rings (SSSR count). The molecular weight excluding hydrogens is 312 g/mol. The molecule has 23 heavy (non-hydrogen) atoms. The number of nitriles is 1. The summed E-state index contributed by atoms with van der Waals surface area (Å²) in [7, 11) is -3.46. The summed E-state index contributed by atoms with van der Waals surface area (Å²) in [5.74, 6) is 0. The number of benzene rings is 1. The quantitative estimate of drug-likeness (QED) is 0.731. The van der Waals surface area contributed by atoms with Gasteiger partial charge in [0.05, 0.1) is 41.5 Å². The second-order valence-corrected chi connectivity index (χ2v) is 7.11. The maximum atomic E-state index is 12.0. The normalized spacial score (nSPS) is 11.5. The highest BCUT2D eigenvalue weighted by atomic mass is 32.2. The third-order valence-electron chi connectivity index (χ3n) is 3.40. The molecule has 2 aromatic heterocycles. The summed E-state index contributed by atoms with van der Waals surface area (Å²) in [5, 5.41) is 8.79. The molecule has 0 atom stereocenters. The number of imidazole rings is 1. The number of rotatable bonds is 4. The molecule has 0 radical (unpaired) electrons. The highest BCUT2D eigenvalue weighted by Gasteiger charge is 2.19. The van der Waals surface area contributed by atoms with Crippen molar-refractivity contribution in [3.63, 3.8) is 0 Å². The third kappa shape index (κ3) is 3.07. The lowest BCUT2D eigenvalue weighted by Gasteiger charge is -2.08. The number of para-hydroxylation sites is 2. The lowest BCUT2D eigenvalue weighted by molar-refractivity contribution is 0.580. The summed E-state index contributed by atoms with van der Waals surface area (Å²) in [6.45, 7) is 0.280. The minimum Gasteiger partial charge on any atom is -0.309 e. The first-order valence-electron chi connectivity index (χ1n) is 6.96. The van der Waals surface area contributed by atoms with Crippen LogP contribution in [0.2, 0.25) is 0 Å². The molecule has 0 saturated heterocycles. The van der Waals surface area contributed by atoms with Crippen LogP contribution in [-0.2, 0) is 22.8 Å². The summed E-state index contributed by atoms with van der Waals surface area (Å²) in [6.07, 6.45) is 1.36. The Labute approximate surface area is 134 Å². The van der Waals surface area contributed by atoms with Crippen molar-refractivity contribution in [2.45, 2.75) is 18.1 Å². The van der Waals surface area contributed by atoms with E-state index in [2.05, 4.69) is 16.0 Å². The Morgan fingerprint density at radius 2 is 1.83 bits per heavy atom. The van der Waals surface area contributed by atoms with Gasteiger partial charge in [0, 0.05) is 6.26 Å². The van der Waals surface area contributed by atoms with Gasteiger partial charge in [-0.2, -0.15) is 5.26 Å². The molecule has 0 amide bonds. The molecule has 1 aromatic carbocycles. The lowest BCUT2D eigenvalue weighted by atomic mass is 10.2. The number of hydrogen-bond acceptors (Lipinski definition) is 5. The molecule has 0 aliphatic heterocycles. The van der Waals surface area contributed by atoms with Gasteiger partial charge in [0.2, 0.25) is 15.0 Å². The van der Waals surface area contributed by atoms with Crippen LogP contribution >= 0.6 is 0 Å².